The molecule has 6 rings (SSSR count). The molecule has 0 radical (unpaired) electrons. The first-order valence-electron chi connectivity index (χ1n) is 16.7. The highest BCUT2D eigenvalue weighted by Crippen LogP contribution is 2.77. The molecule has 0 heterocycles. The molecule has 1 amide bonds. The molecule has 4 fully saturated rings. The van der Waals surface area contributed by atoms with Gasteiger partial charge in [0.1, 0.15) is 0 Å². The first-order chi connectivity index (χ1) is 19.4. The Bertz CT molecular complexity index is 1340. The zero-order valence-electron chi connectivity index (χ0n) is 27.7. The number of aryl methyl sites for hydroxylation is 1. The summed E-state index contributed by atoms with van der Waals surface area (Å²) in [6.07, 6.45) is 10.4. The molecule has 230 valence electrons. The third kappa shape index (κ3) is 3.75. The minimum absolute atomic E-state index is 0.0305. The van der Waals surface area contributed by atoms with Crippen LogP contribution in [0.1, 0.15) is 119 Å². The third-order valence-corrected chi connectivity index (χ3v) is 15.1. The Kier molecular flexibility index (Phi) is 6.49. The van der Waals surface area contributed by atoms with E-state index in [1.807, 2.05) is 24.3 Å². The van der Waals surface area contributed by atoms with Crippen LogP contribution in [0.4, 0.5) is 5.69 Å². The highest BCUT2D eigenvalue weighted by atomic mass is 16.3. The molecule has 5 aliphatic carbocycles. The van der Waals surface area contributed by atoms with Gasteiger partial charge in [0, 0.05) is 17.0 Å². The van der Waals surface area contributed by atoms with Crippen molar-refractivity contribution in [2.45, 2.75) is 126 Å². The van der Waals surface area contributed by atoms with E-state index in [4.69, 9.17) is 0 Å². The smallest absolute Gasteiger partial charge is 0.230 e. The number of rotatable bonds is 2. The Hall–Kier alpha value is -1.94. The van der Waals surface area contributed by atoms with E-state index < -0.39 is 5.41 Å². The molecule has 9 atom stereocenters. The predicted octanol–water partition coefficient (Wildman–Crippen LogP) is 8.67. The number of aliphatic hydroxyl groups excluding tert-OH is 1. The van der Waals surface area contributed by atoms with E-state index in [0.717, 1.165) is 63.5 Å². The summed E-state index contributed by atoms with van der Waals surface area (Å²) in [5.74, 6) is 0.718. The van der Waals surface area contributed by atoms with E-state index in [2.05, 4.69) is 73.7 Å². The number of carbonyl (C=O) groups excluding carboxylic acids is 2. The number of benzene rings is 1. The maximum Gasteiger partial charge on any atom is 0.230 e. The van der Waals surface area contributed by atoms with E-state index in [-0.39, 0.29) is 50.4 Å². The first-order valence-corrected chi connectivity index (χ1v) is 16.7. The highest BCUT2D eigenvalue weighted by molar-refractivity contribution is 5.97. The molecule has 4 heteroatoms. The van der Waals surface area contributed by atoms with Crippen molar-refractivity contribution in [3.8, 4) is 0 Å². The lowest BCUT2D eigenvalue weighted by atomic mass is 9.31. The number of anilines is 1. The van der Waals surface area contributed by atoms with Gasteiger partial charge in [0.15, 0.2) is 5.78 Å². The SMILES string of the molecule is Cc1ccc(NC(=O)[C@]2(C)CC[C@@]3(C)CC[C@]4(C)C(=CC(=O)[C@H]5[C@@]6(C)CC[C@H](O)C(C)(C)[C@@H]6CC[C@@]54C)[C@]3(C)C2)cc1. The van der Waals surface area contributed by atoms with Crippen LogP contribution in [0.5, 0.6) is 0 Å². The van der Waals surface area contributed by atoms with Gasteiger partial charge < -0.3 is 10.4 Å². The van der Waals surface area contributed by atoms with Crippen molar-refractivity contribution in [2.75, 3.05) is 5.32 Å². The Morgan fingerprint density at radius 1 is 0.833 bits per heavy atom. The van der Waals surface area contributed by atoms with Gasteiger partial charge in [-0.1, -0.05) is 78.7 Å². The molecule has 5 aliphatic rings. The molecule has 42 heavy (non-hydrogen) atoms. The zero-order chi connectivity index (χ0) is 30.7. The van der Waals surface area contributed by atoms with Crippen molar-refractivity contribution in [1.29, 1.82) is 0 Å². The fourth-order valence-corrected chi connectivity index (χ4v) is 11.9. The molecule has 0 aromatic heterocycles. The molecule has 0 unspecified atom stereocenters. The van der Waals surface area contributed by atoms with Crippen molar-refractivity contribution in [2.24, 2.45) is 49.7 Å². The molecular weight excluding hydrogens is 518 g/mol. The number of carbonyl (C=O) groups is 2. The molecule has 1 aromatic carbocycles. The predicted molar refractivity (Wildman–Crippen MR) is 170 cm³/mol. The van der Waals surface area contributed by atoms with E-state index >= 15 is 0 Å². The molecular formula is C38H55NO3. The van der Waals surface area contributed by atoms with Crippen LogP contribution < -0.4 is 5.32 Å². The maximum absolute atomic E-state index is 14.7. The number of ketones is 1. The van der Waals surface area contributed by atoms with Gasteiger partial charge in [0.25, 0.3) is 0 Å². The van der Waals surface area contributed by atoms with Gasteiger partial charge in [-0.25, -0.2) is 0 Å². The normalized spacial score (nSPS) is 47.7. The number of fused-ring (bicyclic) bond motifs is 7. The van der Waals surface area contributed by atoms with Crippen molar-refractivity contribution in [1.82, 2.24) is 0 Å². The molecule has 4 saturated carbocycles. The van der Waals surface area contributed by atoms with Crippen LogP contribution >= 0.6 is 0 Å². The van der Waals surface area contributed by atoms with Gasteiger partial charge in [0.05, 0.1) is 6.10 Å². The second-order valence-corrected chi connectivity index (χ2v) is 17.6. The van der Waals surface area contributed by atoms with Crippen LogP contribution in [0.15, 0.2) is 35.9 Å². The van der Waals surface area contributed by atoms with Crippen molar-refractivity contribution in [3.05, 3.63) is 41.5 Å². The van der Waals surface area contributed by atoms with Crippen LogP contribution in [0.3, 0.4) is 0 Å². The lowest BCUT2D eigenvalue weighted by Crippen LogP contribution is -2.68. The summed E-state index contributed by atoms with van der Waals surface area (Å²) in [5, 5.41) is 14.3. The molecule has 0 aliphatic heterocycles. The van der Waals surface area contributed by atoms with Crippen LogP contribution in [-0.4, -0.2) is 22.9 Å². The Morgan fingerprint density at radius 2 is 1.48 bits per heavy atom. The second kappa shape index (κ2) is 9.05. The summed E-state index contributed by atoms with van der Waals surface area (Å²) in [7, 11) is 0. The Morgan fingerprint density at radius 3 is 2.14 bits per heavy atom. The van der Waals surface area contributed by atoms with Gasteiger partial charge in [-0.2, -0.15) is 0 Å². The monoisotopic (exact) mass is 573 g/mol. The molecule has 0 spiro atoms. The second-order valence-electron chi connectivity index (χ2n) is 17.6. The number of aliphatic hydroxyl groups is 1. The van der Waals surface area contributed by atoms with Crippen LogP contribution in [0.2, 0.25) is 0 Å². The summed E-state index contributed by atoms with van der Waals surface area (Å²) in [5.41, 5.74) is 2.14. The van der Waals surface area contributed by atoms with E-state index in [0.29, 0.717) is 11.7 Å². The minimum atomic E-state index is -0.508. The number of allylic oxidation sites excluding steroid dienone is 2. The molecule has 4 nitrogen and oxygen atoms in total. The topological polar surface area (TPSA) is 66.4 Å². The fraction of sp³-hybridized carbons (Fsp3) is 0.737. The Balaban J connectivity index is 1.40. The number of hydrogen-bond donors (Lipinski definition) is 2. The average molecular weight is 574 g/mol. The fourth-order valence-electron chi connectivity index (χ4n) is 11.9. The average Bonchev–Trinajstić information content (AvgIpc) is 2.90. The summed E-state index contributed by atoms with van der Waals surface area (Å²) < 4.78 is 0. The summed E-state index contributed by atoms with van der Waals surface area (Å²) >= 11 is 0. The van der Waals surface area contributed by atoms with Crippen molar-refractivity contribution in [3.63, 3.8) is 0 Å². The lowest BCUT2D eigenvalue weighted by molar-refractivity contribution is -0.207. The third-order valence-electron chi connectivity index (χ3n) is 15.1. The van der Waals surface area contributed by atoms with Crippen LogP contribution in [0, 0.1) is 56.7 Å². The van der Waals surface area contributed by atoms with E-state index in [1.54, 1.807) is 0 Å². The van der Waals surface area contributed by atoms with Gasteiger partial charge in [-0.3, -0.25) is 9.59 Å². The Labute approximate surface area is 254 Å². The summed E-state index contributed by atoms with van der Waals surface area (Å²) in [6.45, 7) is 20.8. The zero-order valence-corrected chi connectivity index (χ0v) is 27.7. The quantitative estimate of drug-likeness (QED) is 0.372. The maximum atomic E-state index is 14.7. The summed E-state index contributed by atoms with van der Waals surface area (Å²) in [6, 6.07) is 8.08. The van der Waals surface area contributed by atoms with Crippen LogP contribution in [-0.2, 0) is 9.59 Å². The number of hydrogen-bond acceptors (Lipinski definition) is 3. The van der Waals surface area contributed by atoms with Gasteiger partial charge in [0.2, 0.25) is 5.91 Å². The lowest BCUT2D eigenvalue weighted by Gasteiger charge is -2.72. The van der Waals surface area contributed by atoms with Crippen LogP contribution in [0.25, 0.3) is 0 Å². The first kappa shape index (κ1) is 30.1. The van der Waals surface area contributed by atoms with E-state index in [9.17, 15) is 14.7 Å². The number of nitrogens with one attached hydrogen (secondary N) is 1. The summed E-state index contributed by atoms with van der Waals surface area (Å²) in [4.78, 5) is 28.6. The van der Waals surface area contributed by atoms with Crippen molar-refractivity contribution < 1.29 is 14.7 Å². The minimum Gasteiger partial charge on any atom is -0.393 e. The van der Waals surface area contributed by atoms with Crippen molar-refractivity contribution >= 4 is 17.4 Å². The largest absolute Gasteiger partial charge is 0.393 e. The highest BCUT2D eigenvalue weighted by Gasteiger charge is 2.72. The molecule has 0 saturated heterocycles. The standard InChI is InChI=1S/C38H55NO3/c1-24-10-12-25(13-11-24)39-31(42)33(4)18-19-34(5)20-21-36(7)28(38(34,9)23-33)22-26(40)30-35(6)16-15-29(41)32(2,3)27(35)14-17-37(30,36)8/h10-13,22,27,29-30,41H,14-21,23H2,1-9H3,(H,39,42)/t27-,29-,30-,33+,34-,35-,36+,37-,38-/m0/s1. The van der Waals surface area contributed by atoms with Gasteiger partial charge in [-0.05, 0) is 121 Å². The molecule has 1 aromatic rings. The molecule has 0 bridgehead atoms. The van der Waals surface area contributed by atoms with Gasteiger partial charge in [-0.15, -0.1) is 0 Å². The number of amides is 1. The molecule has 2 N–H and O–H groups in total. The van der Waals surface area contributed by atoms with E-state index in [1.165, 1.54) is 11.1 Å². The van der Waals surface area contributed by atoms with Gasteiger partial charge >= 0.3 is 0 Å².